The molecule has 18 heavy (non-hydrogen) atoms. The lowest BCUT2D eigenvalue weighted by molar-refractivity contribution is 0.188. The van der Waals surface area contributed by atoms with Crippen LogP contribution >= 0.6 is 0 Å². The van der Waals surface area contributed by atoms with Gasteiger partial charge in [0.2, 0.25) is 0 Å². The molecular weight excluding hydrogens is 222 g/mol. The van der Waals surface area contributed by atoms with Crippen molar-refractivity contribution in [3.05, 3.63) is 30.1 Å². The lowest BCUT2D eigenvalue weighted by Gasteiger charge is -2.30. The summed E-state index contributed by atoms with van der Waals surface area (Å²) in [5, 5.41) is 3.62. The number of hydrogen-bond acceptors (Lipinski definition) is 3. The van der Waals surface area contributed by atoms with E-state index in [9.17, 15) is 0 Å². The quantitative estimate of drug-likeness (QED) is 0.801. The van der Waals surface area contributed by atoms with E-state index < -0.39 is 0 Å². The van der Waals surface area contributed by atoms with Crippen LogP contribution in [0.25, 0.3) is 0 Å². The zero-order valence-electron chi connectivity index (χ0n) is 11.8. The van der Waals surface area contributed by atoms with Crippen molar-refractivity contribution in [1.29, 1.82) is 0 Å². The Morgan fingerprint density at radius 3 is 2.61 bits per heavy atom. The average molecular weight is 247 g/mol. The third-order valence-electron chi connectivity index (χ3n) is 4.01. The molecule has 0 bridgehead atoms. The van der Waals surface area contributed by atoms with Gasteiger partial charge in [-0.25, -0.2) is 0 Å². The zero-order valence-corrected chi connectivity index (χ0v) is 11.8. The summed E-state index contributed by atoms with van der Waals surface area (Å²) in [4.78, 5) is 6.49. The Kier molecular flexibility index (Phi) is 4.72. The second-order valence-electron chi connectivity index (χ2n) is 5.67. The van der Waals surface area contributed by atoms with Crippen molar-refractivity contribution in [2.75, 3.05) is 13.6 Å². The molecule has 2 unspecified atom stereocenters. The summed E-state index contributed by atoms with van der Waals surface area (Å²) < 4.78 is 0. The molecule has 0 aromatic carbocycles. The highest BCUT2D eigenvalue weighted by molar-refractivity contribution is 5.09. The lowest BCUT2D eigenvalue weighted by atomic mass is 10.0. The van der Waals surface area contributed by atoms with Crippen molar-refractivity contribution >= 4 is 0 Å². The van der Waals surface area contributed by atoms with E-state index >= 15 is 0 Å². The van der Waals surface area contributed by atoms with Gasteiger partial charge in [-0.2, -0.15) is 0 Å². The van der Waals surface area contributed by atoms with E-state index in [2.05, 4.69) is 48.2 Å². The largest absolute Gasteiger partial charge is 0.314 e. The van der Waals surface area contributed by atoms with Crippen molar-refractivity contribution in [3.63, 3.8) is 0 Å². The molecule has 1 saturated carbocycles. The van der Waals surface area contributed by atoms with Gasteiger partial charge >= 0.3 is 0 Å². The Hall–Kier alpha value is -0.930. The molecule has 0 saturated heterocycles. The Balaban J connectivity index is 1.77. The summed E-state index contributed by atoms with van der Waals surface area (Å²) in [6, 6.07) is 5.58. The van der Waals surface area contributed by atoms with Crippen molar-refractivity contribution in [2.24, 2.45) is 5.92 Å². The third kappa shape index (κ3) is 4.07. The van der Waals surface area contributed by atoms with E-state index in [1.165, 1.54) is 18.4 Å². The van der Waals surface area contributed by atoms with Crippen molar-refractivity contribution < 1.29 is 0 Å². The molecule has 1 fully saturated rings. The first-order chi connectivity index (χ1) is 8.66. The number of hydrogen-bond donors (Lipinski definition) is 1. The van der Waals surface area contributed by atoms with Crippen molar-refractivity contribution in [2.45, 2.75) is 45.3 Å². The SMILES string of the molecule is CC(CNC1CC1)C(C)N(C)Cc1ccncc1. The molecule has 2 rings (SSSR count). The first-order valence-corrected chi connectivity index (χ1v) is 6.99. The van der Waals surface area contributed by atoms with Gasteiger partial charge in [0, 0.05) is 31.0 Å². The van der Waals surface area contributed by atoms with Crippen molar-refractivity contribution in [3.8, 4) is 0 Å². The normalized spacial score (nSPS) is 18.9. The maximum Gasteiger partial charge on any atom is 0.0271 e. The van der Waals surface area contributed by atoms with E-state index in [4.69, 9.17) is 0 Å². The first kappa shape index (κ1) is 13.5. The van der Waals surface area contributed by atoms with Crippen LogP contribution in [0, 0.1) is 5.92 Å². The molecular formula is C15H25N3. The molecule has 100 valence electrons. The summed E-state index contributed by atoms with van der Waals surface area (Å²) >= 11 is 0. The third-order valence-corrected chi connectivity index (χ3v) is 4.01. The highest BCUT2D eigenvalue weighted by atomic mass is 15.1. The van der Waals surface area contributed by atoms with Gasteiger partial charge in [0.05, 0.1) is 0 Å². The molecule has 2 atom stereocenters. The number of nitrogens with zero attached hydrogens (tertiary/aromatic N) is 2. The molecule has 1 aliphatic carbocycles. The van der Waals surface area contributed by atoms with Gasteiger partial charge in [-0.3, -0.25) is 9.88 Å². The van der Waals surface area contributed by atoms with Crippen LogP contribution in [0.4, 0.5) is 0 Å². The maximum atomic E-state index is 4.06. The van der Waals surface area contributed by atoms with Crippen LogP contribution in [0.1, 0.15) is 32.3 Å². The van der Waals surface area contributed by atoms with Gasteiger partial charge in [0.15, 0.2) is 0 Å². The Bertz CT molecular complexity index is 348. The summed E-state index contributed by atoms with van der Waals surface area (Å²) in [6.45, 7) is 6.79. The number of pyridine rings is 1. The molecule has 0 spiro atoms. The second-order valence-corrected chi connectivity index (χ2v) is 5.67. The van der Waals surface area contributed by atoms with E-state index in [0.717, 1.165) is 19.1 Å². The summed E-state index contributed by atoms with van der Waals surface area (Å²) in [6.07, 6.45) is 6.47. The minimum atomic E-state index is 0.587. The summed E-state index contributed by atoms with van der Waals surface area (Å²) in [5.74, 6) is 0.678. The Morgan fingerprint density at radius 2 is 2.00 bits per heavy atom. The average Bonchev–Trinajstić information content (AvgIpc) is 3.20. The highest BCUT2D eigenvalue weighted by Crippen LogP contribution is 2.20. The van der Waals surface area contributed by atoms with Gasteiger partial charge in [0.1, 0.15) is 0 Å². The molecule has 0 aliphatic heterocycles. The van der Waals surface area contributed by atoms with Gasteiger partial charge in [-0.1, -0.05) is 6.92 Å². The summed E-state index contributed by atoms with van der Waals surface area (Å²) in [5.41, 5.74) is 1.33. The molecule has 0 amide bonds. The Labute approximate surface area is 111 Å². The predicted molar refractivity (Wildman–Crippen MR) is 75.4 cm³/mol. The Morgan fingerprint density at radius 1 is 1.33 bits per heavy atom. The van der Waals surface area contributed by atoms with Gasteiger partial charge < -0.3 is 5.32 Å². The number of rotatable bonds is 7. The minimum Gasteiger partial charge on any atom is -0.314 e. The van der Waals surface area contributed by atoms with Crippen LogP contribution in [0.15, 0.2) is 24.5 Å². The number of nitrogens with one attached hydrogen (secondary N) is 1. The zero-order chi connectivity index (χ0) is 13.0. The van der Waals surface area contributed by atoms with Crippen LogP contribution < -0.4 is 5.32 Å². The smallest absolute Gasteiger partial charge is 0.0271 e. The fourth-order valence-corrected chi connectivity index (χ4v) is 2.17. The fraction of sp³-hybridized carbons (Fsp3) is 0.667. The molecule has 1 heterocycles. The van der Waals surface area contributed by atoms with Gasteiger partial charge in [-0.05, 0) is 57.0 Å². The molecule has 3 heteroatoms. The van der Waals surface area contributed by atoms with E-state index in [1.807, 2.05) is 12.4 Å². The van der Waals surface area contributed by atoms with Gasteiger partial charge in [-0.15, -0.1) is 0 Å². The topological polar surface area (TPSA) is 28.2 Å². The van der Waals surface area contributed by atoms with E-state index in [-0.39, 0.29) is 0 Å². The lowest BCUT2D eigenvalue weighted by Crippen LogP contribution is -2.39. The molecule has 1 aliphatic rings. The predicted octanol–water partition coefficient (Wildman–Crippen LogP) is 2.29. The summed E-state index contributed by atoms with van der Waals surface area (Å²) in [7, 11) is 2.21. The van der Waals surface area contributed by atoms with Crippen LogP contribution in [0.2, 0.25) is 0 Å². The van der Waals surface area contributed by atoms with Crippen LogP contribution in [0.3, 0.4) is 0 Å². The molecule has 1 aromatic heterocycles. The first-order valence-electron chi connectivity index (χ1n) is 6.99. The van der Waals surface area contributed by atoms with Crippen molar-refractivity contribution in [1.82, 2.24) is 15.2 Å². The van der Waals surface area contributed by atoms with Crippen LogP contribution in [-0.2, 0) is 6.54 Å². The molecule has 1 aromatic rings. The minimum absolute atomic E-state index is 0.587. The van der Waals surface area contributed by atoms with E-state index in [1.54, 1.807) is 0 Å². The maximum absolute atomic E-state index is 4.06. The molecule has 3 nitrogen and oxygen atoms in total. The molecule has 0 radical (unpaired) electrons. The van der Waals surface area contributed by atoms with Gasteiger partial charge in [0.25, 0.3) is 0 Å². The van der Waals surface area contributed by atoms with E-state index in [0.29, 0.717) is 12.0 Å². The standard InChI is InChI=1S/C15H25N3/c1-12(10-17-15-4-5-15)13(2)18(3)11-14-6-8-16-9-7-14/h6-9,12-13,15,17H,4-5,10-11H2,1-3H3. The second kappa shape index (κ2) is 6.30. The highest BCUT2D eigenvalue weighted by Gasteiger charge is 2.23. The number of aromatic nitrogens is 1. The molecule has 1 N–H and O–H groups in total. The monoisotopic (exact) mass is 247 g/mol. The van der Waals surface area contributed by atoms with Crippen LogP contribution in [-0.4, -0.2) is 35.6 Å². The fourth-order valence-electron chi connectivity index (χ4n) is 2.17. The van der Waals surface area contributed by atoms with Crippen LogP contribution in [0.5, 0.6) is 0 Å².